The number of likely N-dealkylation sites (tertiary alicyclic amines) is 1. The number of allylic oxidation sites excluding steroid dienone is 1. The molecule has 1 amide bonds. The number of alkyl halides is 1. The van der Waals surface area contributed by atoms with Crippen molar-refractivity contribution in [2.75, 3.05) is 50.1 Å². The number of fused-ring (bicyclic) bond motifs is 3. The Hall–Kier alpha value is -3.34. The lowest BCUT2D eigenvalue weighted by Crippen LogP contribution is -2.43. The number of rotatable bonds is 8. The van der Waals surface area contributed by atoms with E-state index in [-0.39, 0.29) is 34.7 Å². The summed E-state index contributed by atoms with van der Waals surface area (Å²) in [5.74, 6) is -0.0390. The van der Waals surface area contributed by atoms with Gasteiger partial charge >= 0.3 is 6.01 Å². The monoisotopic (exact) mass is 692 g/mol. The molecule has 234 valence electrons. The summed E-state index contributed by atoms with van der Waals surface area (Å²) in [6.07, 6.45) is 10.2. The van der Waals surface area contributed by atoms with Gasteiger partial charge in [0.15, 0.2) is 5.82 Å². The van der Waals surface area contributed by atoms with Crippen LogP contribution in [0.1, 0.15) is 32.1 Å². The zero-order chi connectivity index (χ0) is 31.1. The van der Waals surface area contributed by atoms with Crippen LogP contribution in [0.4, 0.5) is 10.2 Å². The molecule has 2 aromatic carbocycles. The van der Waals surface area contributed by atoms with E-state index in [0.717, 1.165) is 56.0 Å². The van der Waals surface area contributed by atoms with E-state index in [4.69, 9.17) is 21.3 Å². The van der Waals surface area contributed by atoms with E-state index in [1.165, 1.54) is 0 Å². The second kappa shape index (κ2) is 12.5. The van der Waals surface area contributed by atoms with Crippen molar-refractivity contribution in [3.63, 3.8) is 0 Å². The van der Waals surface area contributed by atoms with E-state index in [2.05, 4.69) is 30.8 Å². The number of halogens is 3. The molecule has 2 aromatic heterocycles. The van der Waals surface area contributed by atoms with Gasteiger partial charge in [0.05, 0.1) is 10.9 Å². The quantitative estimate of drug-likeness (QED) is 0.152. The Labute approximate surface area is 275 Å². The van der Waals surface area contributed by atoms with E-state index < -0.39 is 5.82 Å². The smallest absolute Gasteiger partial charge is 0.319 e. The van der Waals surface area contributed by atoms with Gasteiger partial charge in [-0.15, -0.1) is 0 Å². The molecule has 5 heterocycles. The molecule has 1 unspecified atom stereocenters. The maximum atomic E-state index is 16.7. The molecule has 1 atom stereocenters. The molecule has 7 rings (SSSR count). The van der Waals surface area contributed by atoms with Crippen LogP contribution in [-0.2, 0) is 4.79 Å². The largest absolute Gasteiger partial charge is 0.461 e. The Morgan fingerprint density at radius 3 is 2.73 bits per heavy atom. The SMILES string of the molecule is CN(c1nc(OCC23CCCN2CCC3)nc2c(F)c(-c3cccc4cccc(Cl)c34)ncc12)C1CCN(C(=O)/C=C/CBr)C1. The van der Waals surface area contributed by atoms with Crippen LogP contribution >= 0.6 is 27.5 Å². The molecule has 0 N–H and O–H groups in total. The Kier molecular flexibility index (Phi) is 8.39. The minimum atomic E-state index is -0.550. The van der Waals surface area contributed by atoms with Gasteiger partial charge in [0, 0.05) is 53.7 Å². The lowest BCUT2D eigenvalue weighted by atomic mass is 9.95. The standard InChI is InChI=1S/C34H35BrClFN6O2/c1-41(23-12-18-42(20-23)27(44)11-4-15-35)32-25-19-38-30(24-9-2-7-22-8-3-10-26(36)28(22)24)29(37)31(25)39-33(40-32)45-21-34-13-5-16-43(34)17-6-14-34/h2-4,7-11,19,23H,5-6,12-18,20-21H2,1H3/b11-4+. The van der Waals surface area contributed by atoms with Gasteiger partial charge in [0.2, 0.25) is 5.91 Å². The van der Waals surface area contributed by atoms with Crippen LogP contribution < -0.4 is 9.64 Å². The molecule has 45 heavy (non-hydrogen) atoms. The number of ether oxygens (including phenoxy) is 1. The second-order valence-corrected chi connectivity index (χ2v) is 13.3. The van der Waals surface area contributed by atoms with Gasteiger partial charge in [-0.1, -0.05) is 63.9 Å². The molecule has 0 spiro atoms. The van der Waals surface area contributed by atoms with Crippen LogP contribution in [0.5, 0.6) is 6.01 Å². The van der Waals surface area contributed by atoms with Crippen LogP contribution in [0.3, 0.4) is 0 Å². The fraction of sp³-hybridized carbons (Fsp3) is 0.412. The molecule has 0 bridgehead atoms. The molecule has 11 heteroatoms. The summed E-state index contributed by atoms with van der Waals surface area (Å²) < 4.78 is 23.1. The molecular formula is C34H35BrClFN6O2. The topological polar surface area (TPSA) is 74.7 Å². The molecule has 0 saturated carbocycles. The van der Waals surface area contributed by atoms with Gasteiger partial charge in [-0.25, -0.2) is 4.39 Å². The predicted octanol–water partition coefficient (Wildman–Crippen LogP) is 6.63. The summed E-state index contributed by atoms with van der Waals surface area (Å²) in [5, 5.41) is 3.27. The Bertz CT molecular complexity index is 1790. The fourth-order valence-corrected chi connectivity index (χ4v) is 7.85. The molecule has 0 radical (unpaired) electrons. The van der Waals surface area contributed by atoms with Crippen LogP contribution in [-0.4, -0.2) is 87.4 Å². The number of hydrogen-bond donors (Lipinski definition) is 0. The van der Waals surface area contributed by atoms with Crippen LogP contribution in [0.25, 0.3) is 32.9 Å². The summed E-state index contributed by atoms with van der Waals surface area (Å²) in [4.78, 5) is 33.2. The summed E-state index contributed by atoms with van der Waals surface area (Å²) >= 11 is 9.95. The van der Waals surface area contributed by atoms with E-state index >= 15 is 4.39 Å². The first kappa shape index (κ1) is 30.3. The van der Waals surface area contributed by atoms with Crippen molar-refractivity contribution in [2.24, 2.45) is 0 Å². The Morgan fingerprint density at radius 2 is 1.96 bits per heavy atom. The molecule has 0 aliphatic carbocycles. The number of carbonyl (C=O) groups is 1. The molecule has 3 aliphatic heterocycles. The zero-order valence-corrected chi connectivity index (χ0v) is 27.5. The number of likely N-dealkylation sites (N-methyl/N-ethyl adjacent to an activating group) is 1. The number of benzene rings is 2. The van der Waals surface area contributed by atoms with Crippen molar-refractivity contribution < 1.29 is 13.9 Å². The average Bonchev–Trinajstić information content (AvgIpc) is 3.79. The van der Waals surface area contributed by atoms with Gasteiger partial charge in [-0.3, -0.25) is 14.7 Å². The number of amides is 1. The lowest BCUT2D eigenvalue weighted by molar-refractivity contribution is -0.125. The average molecular weight is 694 g/mol. The zero-order valence-electron chi connectivity index (χ0n) is 25.2. The normalized spacial score (nSPS) is 19.6. The minimum Gasteiger partial charge on any atom is -0.461 e. The van der Waals surface area contributed by atoms with Crippen molar-refractivity contribution in [3.05, 3.63) is 65.6 Å². The predicted molar refractivity (Wildman–Crippen MR) is 180 cm³/mol. The third kappa shape index (κ3) is 5.55. The maximum Gasteiger partial charge on any atom is 0.319 e. The van der Waals surface area contributed by atoms with Gasteiger partial charge < -0.3 is 14.5 Å². The summed E-state index contributed by atoms with van der Waals surface area (Å²) in [6.45, 7) is 3.78. The Morgan fingerprint density at radius 1 is 1.18 bits per heavy atom. The van der Waals surface area contributed by atoms with Gasteiger partial charge in [-0.05, 0) is 62.7 Å². The molecule has 3 aliphatic rings. The van der Waals surface area contributed by atoms with E-state index in [1.54, 1.807) is 24.4 Å². The third-order valence-electron chi connectivity index (χ3n) is 9.74. The van der Waals surface area contributed by atoms with Crippen molar-refractivity contribution in [1.29, 1.82) is 0 Å². The number of aromatic nitrogens is 3. The van der Waals surface area contributed by atoms with Crippen LogP contribution in [0.15, 0.2) is 54.7 Å². The van der Waals surface area contributed by atoms with Crippen LogP contribution in [0, 0.1) is 5.82 Å². The number of anilines is 1. The second-order valence-electron chi connectivity index (χ2n) is 12.3. The van der Waals surface area contributed by atoms with E-state index in [9.17, 15) is 4.79 Å². The summed E-state index contributed by atoms with van der Waals surface area (Å²) in [5.41, 5.74) is 0.906. The highest BCUT2D eigenvalue weighted by atomic mass is 79.9. The van der Waals surface area contributed by atoms with Crippen molar-refractivity contribution >= 4 is 60.9 Å². The number of nitrogens with zero attached hydrogens (tertiary/aromatic N) is 6. The highest BCUT2D eigenvalue weighted by molar-refractivity contribution is 9.09. The van der Waals surface area contributed by atoms with Crippen molar-refractivity contribution in [1.82, 2.24) is 24.8 Å². The van der Waals surface area contributed by atoms with Gasteiger partial charge in [0.25, 0.3) is 0 Å². The number of hydrogen-bond acceptors (Lipinski definition) is 7. The summed E-state index contributed by atoms with van der Waals surface area (Å²) in [7, 11) is 1.93. The molecule has 8 nitrogen and oxygen atoms in total. The molecular weight excluding hydrogens is 659 g/mol. The molecule has 4 aromatic rings. The van der Waals surface area contributed by atoms with Gasteiger partial charge in [-0.2, -0.15) is 9.97 Å². The number of pyridine rings is 1. The van der Waals surface area contributed by atoms with Crippen molar-refractivity contribution in [3.8, 4) is 17.3 Å². The summed E-state index contributed by atoms with van der Waals surface area (Å²) in [6, 6.07) is 11.4. The fourth-order valence-electron chi connectivity index (χ4n) is 7.38. The maximum absolute atomic E-state index is 16.7. The van der Waals surface area contributed by atoms with Crippen LogP contribution in [0.2, 0.25) is 5.02 Å². The highest BCUT2D eigenvalue weighted by Crippen LogP contribution is 2.40. The van der Waals surface area contributed by atoms with E-state index in [1.807, 2.05) is 47.2 Å². The first-order chi connectivity index (χ1) is 21.9. The molecule has 3 fully saturated rings. The van der Waals surface area contributed by atoms with Crippen molar-refractivity contribution in [2.45, 2.75) is 43.7 Å². The Balaban J connectivity index is 1.29. The highest BCUT2D eigenvalue weighted by Gasteiger charge is 2.45. The molecule has 3 saturated heterocycles. The lowest BCUT2D eigenvalue weighted by Gasteiger charge is -2.31. The first-order valence-corrected chi connectivity index (χ1v) is 17.0. The number of carbonyl (C=O) groups excluding carboxylic acids is 1. The first-order valence-electron chi connectivity index (χ1n) is 15.5. The third-order valence-corrected chi connectivity index (χ3v) is 10.4. The van der Waals surface area contributed by atoms with E-state index in [0.29, 0.717) is 46.8 Å². The minimum absolute atomic E-state index is 0.0129. The van der Waals surface area contributed by atoms with Gasteiger partial charge in [0.1, 0.15) is 23.6 Å².